The number of benzene rings is 4. The van der Waals surface area contributed by atoms with Gasteiger partial charge in [-0.2, -0.15) is 5.10 Å². The van der Waals surface area contributed by atoms with E-state index in [1.807, 2.05) is 42.5 Å². The predicted octanol–water partition coefficient (Wildman–Crippen LogP) is 4.84. The average Bonchev–Trinajstić information content (AvgIpc) is 2.84. The number of hydrogen-bond acceptors (Lipinski definition) is 4. The predicted molar refractivity (Wildman–Crippen MR) is 132 cm³/mol. The summed E-state index contributed by atoms with van der Waals surface area (Å²) in [5.74, 6) is -0.582. The number of hydrazone groups is 1. The minimum absolute atomic E-state index is 0.0759. The Morgan fingerprint density at radius 3 is 2.30 bits per heavy atom. The Morgan fingerprint density at radius 1 is 0.879 bits per heavy atom. The Labute approximate surface area is 197 Å². The molecule has 4 aromatic rings. The SMILES string of the molecule is O=C(CN(c1ccc(Cl)cc1)S(=O)(=O)c1ccccc1)N/N=C\c1cccc2ccccc12. The molecular weight excluding hydrogens is 458 g/mol. The number of anilines is 1. The summed E-state index contributed by atoms with van der Waals surface area (Å²) in [6.07, 6.45) is 1.54. The highest BCUT2D eigenvalue weighted by molar-refractivity contribution is 7.92. The Bertz CT molecular complexity index is 1400. The standard InChI is InChI=1S/C25H20ClN3O3S/c26-21-13-15-22(16-14-21)29(33(31,32)23-10-2-1-3-11-23)18-25(30)28-27-17-20-9-6-8-19-7-4-5-12-24(19)20/h1-17H,18H2,(H,28,30)/b27-17-. The lowest BCUT2D eigenvalue weighted by Gasteiger charge is -2.23. The summed E-state index contributed by atoms with van der Waals surface area (Å²) in [5, 5.41) is 6.54. The third-order valence-corrected chi connectivity index (χ3v) is 6.99. The van der Waals surface area contributed by atoms with Crippen molar-refractivity contribution in [2.45, 2.75) is 4.90 Å². The highest BCUT2D eigenvalue weighted by Gasteiger charge is 2.27. The molecule has 0 bridgehead atoms. The molecule has 0 aromatic heterocycles. The first-order chi connectivity index (χ1) is 15.9. The number of rotatable bonds is 7. The summed E-state index contributed by atoms with van der Waals surface area (Å²) >= 11 is 5.96. The van der Waals surface area contributed by atoms with Gasteiger partial charge in [0.15, 0.2) is 0 Å². The van der Waals surface area contributed by atoms with Crippen molar-refractivity contribution >= 4 is 50.2 Å². The number of carbonyl (C=O) groups excluding carboxylic acids is 1. The van der Waals surface area contributed by atoms with Crippen molar-refractivity contribution in [3.8, 4) is 0 Å². The van der Waals surface area contributed by atoms with E-state index >= 15 is 0 Å². The molecule has 33 heavy (non-hydrogen) atoms. The minimum atomic E-state index is -3.99. The lowest BCUT2D eigenvalue weighted by molar-refractivity contribution is -0.119. The van der Waals surface area contributed by atoms with E-state index in [0.717, 1.165) is 20.6 Å². The maximum atomic E-state index is 13.3. The lowest BCUT2D eigenvalue weighted by Crippen LogP contribution is -2.39. The van der Waals surface area contributed by atoms with E-state index in [-0.39, 0.29) is 4.90 Å². The number of halogens is 1. The van der Waals surface area contributed by atoms with Gasteiger partial charge < -0.3 is 0 Å². The second-order valence-corrected chi connectivity index (χ2v) is 9.46. The Kier molecular flexibility index (Phi) is 6.72. The van der Waals surface area contributed by atoms with Gasteiger partial charge in [-0.3, -0.25) is 9.10 Å². The first-order valence-corrected chi connectivity index (χ1v) is 11.9. The first-order valence-electron chi connectivity index (χ1n) is 10.1. The zero-order chi connectivity index (χ0) is 23.3. The molecule has 0 fully saturated rings. The van der Waals surface area contributed by atoms with Crippen molar-refractivity contribution in [3.63, 3.8) is 0 Å². The van der Waals surface area contributed by atoms with Crippen molar-refractivity contribution in [3.05, 3.63) is 108 Å². The van der Waals surface area contributed by atoms with Crippen LogP contribution in [-0.4, -0.2) is 27.1 Å². The van der Waals surface area contributed by atoms with Gasteiger partial charge >= 0.3 is 0 Å². The number of carbonyl (C=O) groups is 1. The number of fused-ring (bicyclic) bond motifs is 1. The van der Waals surface area contributed by atoms with Crippen LogP contribution >= 0.6 is 11.6 Å². The monoisotopic (exact) mass is 477 g/mol. The third kappa shape index (κ3) is 5.22. The van der Waals surface area contributed by atoms with Gasteiger partial charge in [-0.15, -0.1) is 0 Å². The van der Waals surface area contributed by atoms with Crippen LogP contribution in [-0.2, 0) is 14.8 Å². The number of sulfonamides is 1. The molecule has 0 heterocycles. The Balaban J connectivity index is 1.56. The maximum absolute atomic E-state index is 13.3. The molecule has 0 aliphatic carbocycles. The zero-order valence-electron chi connectivity index (χ0n) is 17.4. The normalized spacial score (nSPS) is 11.5. The summed E-state index contributed by atoms with van der Waals surface area (Å²) in [6.45, 7) is -0.453. The van der Waals surface area contributed by atoms with Crippen LogP contribution in [0.5, 0.6) is 0 Å². The second-order valence-electron chi connectivity index (χ2n) is 7.16. The number of amides is 1. The van der Waals surface area contributed by atoms with Crippen LogP contribution in [0.15, 0.2) is 107 Å². The van der Waals surface area contributed by atoms with Gasteiger partial charge in [0.2, 0.25) is 0 Å². The van der Waals surface area contributed by atoms with Crippen LogP contribution in [0, 0.1) is 0 Å². The number of nitrogens with zero attached hydrogens (tertiary/aromatic N) is 2. The fourth-order valence-corrected chi connectivity index (χ4v) is 4.91. The first kappa shape index (κ1) is 22.5. The largest absolute Gasteiger partial charge is 0.271 e. The van der Waals surface area contributed by atoms with Crippen molar-refractivity contribution in [2.75, 3.05) is 10.8 Å². The molecular formula is C25H20ClN3O3S. The minimum Gasteiger partial charge on any atom is -0.271 e. The van der Waals surface area contributed by atoms with Crippen LogP contribution in [0.4, 0.5) is 5.69 Å². The molecule has 1 N–H and O–H groups in total. The molecule has 4 rings (SSSR count). The molecule has 0 aliphatic rings. The molecule has 166 valence electrons. The number of nitrogens with one attached hydrogen (secondary N) is 1. The van der Waals surface area contributed by atoms with Crippen molar-refractivity contribution in [1.82, 2.24) is 5.43 Å². The third-order valence-electron chi connectivity index (χ3n) is 4.95. The molecule has 0 atom stereocenters. The van der Waals surface area contributed by atoms with E-state index < -0.39 is 22.5 Å². The van der Waals surface area contributed by atoms with Gasteiger partial charge in [-0.25, -0.2) is 13.8 Å². The lowest BCUT2D eigenvalue weighted by atomic mass is 10.1. The summed E-state index contributed by atoms with van der Waals surface area (Å²) in [6, 6.07) is 27.8. The topological polar surface area (TPSA) is 78.8 Å². The van der Waals surface area contributed by atoms with Crippen LogP contribution in [0.2, 0.25) is 5.02 Å². The molecule has 0 saturated heterocycles. The van der Waals surface area contributed by atoms with Crippen molar-refractivity contribution in [2.24, 2.45) is 5.10 Å². The molecule has 0 aliphatic heterocycles. The summed E-state index contributed by atoms with van der Waals surface area (Å²) in [7, 11) is -3.99. The maximum Gasteiger partial charge on any atom is 0.264 e. The van der Waals surface area contributed by atoms with Crippen molar-refractivity contribution < 1.29 is 13.2 Å². The molecule has 0 unspecified atom stereocenters. The van der Waals surface area contributed by atoms with Gasteiger partial charge in [0, 0.05) is 10.6 Å². The van der Waals surface area contributed by atoms with E-state index in [9.17, 15) is 13.2 Å². The van der Waals surface area contributed by atoms with Crippen molar-refractivity contribution in [1.29, 1.82) is 0 Å². The van der Waals surface area contributed by atoms with Gasteiger partial charge in [-0.05, 0) is 47.2 Å². The van der Waals surface area contributed by atoms with E-state index in [4.69, 9.17) is 11.6 Å². The number of hydrogen-bond donors (Lipinski definition) is 1. The van der Waals surface area contributed by atoms with Crippen LogP contribution in [0.3, 0.4) is 0 Å². The molecule has 0 spiro atoms. The average molecular weight is 478 g/mol. The highest BCUT2D eigenvalue weighted by Crippen LogP contribution is 2.25. The van der Waals surface area contributed by atoms with Gasteiger partial charge in [-0.1, -0.05) is 72.3 Å². The van der Waals surface area contributed by atoms with E-state index in [2.05, 4.69) is 10.5 Å². The summed E-state index contributed by atoms with van der Waals surface area (Å²) in [5.41, 5.74) is 3.58. The quantitative estimate of drug-likeness (QED) is 0.305. The van der Waals surface area contributed by atoms with Crippen LogP contribution in [0.25, 0.3) is 10.8 Å². The van der Waals surface area contributed by atoms with E-state index in [1.54, 1.807) is 48.7 Å². The molecule has 6 nitrogen and oxygen atoms in total. The van der Waals surface area contributed by atoms with Gasteiger partial charge in [0.05, 0.1) is 16.8 Å². The Morgan fingerprint density at radius 2 is 1.55 bits per heavy atom. The molecule has 1 amide bonds. The summed E-state index contributed by atoms with van der Waals surface area (Å²) in [4.78, 5) is 12.7. The fraction of sp³-hybridized carbons (Fsp3) is 0.0400. The summed E-state index contributed by atoms with van der Waals surface area (Å²) < 4.78 is 27.6. The van der Waals surface area contributed by atoms with Gasteiger partial charge in [0.1, 0.15) is 6.54 Å². The molecule has 0 saturated carbocycles. The Hall–Kier alpha value is -3.68. The van der Waals surface area contributed by atoms with Crippen LogP contribution < -0.4 is 9.73 Å². The highest BCUT2D eigenvalue weighted by atomic mass is 35.5. The van der Waals surface area contributed by atoms with Gasteiger partial charge in [0.25, 0.3) is 15.9 Å². The van der Waals surface area contributed by atoms with E-state index in [1.165, 1.54) is 12.1 Å². The molecule has 4 aromatic carbocycles. The smallest absolute Gasteiger partial charge is 0.264 e. The molecule has 8 heteroatoms. The second kappa shape index (κ2) is 9.85. The van der Waals surface area contributed by atoms with Crippen LogP contribution in [0.1, 0.15) is 5.56 Å². The molecule has 0 radical (unpaired) electrons. The fourth-order valence-electron chi connectivity index (χ4n) is 3.34. The zero-order valence-corrected chi connectivity index (χ0v) is 19.0. The van der Waals surface area contributed by atoms with E-state index in [0.29, 0.717) is 10.7 Å².